The van der Waals surface area contributed by atoms with E-state index in [0.717, 1.165) is 18.8 Å². The Bertz CT molecular complexity index is 537. The van der Waals surface area contributed by atoms with Crippen LogP contribution in [0.3, 0.4) is 0 Å². The molecule has 110 valence electrons. The Morgan fingerprint density at radius 3 is 2.86 bits per heavy atom. The zero-order valence-corrected chi connectivity index (χ0v) is 12.9. The highest BCUT2D eigenvalue weighted by atomic mass is 32.1. The molecule has 0 spiro atoms. The Kier molecular flexibility index (Phi) is 4.42. The summed E-state index contributed by atoms with van der Waals surface area (Å²) < 4.78 is 0. The number of para-hydroxylation sites is 1. The van der Waals surface area contributed by atoms with Gasteiger partial charge < -0.3 is 10.6 Å². The maximum absolute atomic E-state index is 5.62. The Balaban J connectivity index is 1.48. The van der Waals surface area contributed by atoms with Gasteiger partial charge in [-0.3, -0.25) is 4.90 Å². The standard InChI is InChI=1S/C17H21N3S/c1-2-13-12-20-9-8-14(13)10-16(20)11-18-17(21)19-15-6-4-3-5-7-15/h1,3-7,13-14,16H,8-12H2,(H2,18,19,21)/t13-,14-,16+/m0/s1. The molecule has 1 unspecified atom stereocenters. The van der Waals surface area contributed by atoms with E-state index >= 15 is 0 Å². The summed E-state index contributed by atoms with van der Waals surface area (Å²) in [6.07, 6.45) is 8.06. The number of rotatable bonds is 3. The van der Waals surface area contributed by atoms with E-state index in [9.17, 15) is 0 Å². The normalized spacial score (nSPS) is 30.4. The molecule has 3 aliphatic rings. The van der Waals surface area contributed by atoms with Crippen LogP contribution in [-0.4, -0.2) is 35.7 Å². The summed E-state index contributed by atoms with van der Waals surface area (Å²) in [5.41, 5.74) is 1.02. The highest BCUT2D eigenvalue weighted by Gasteiger charge is 2.38. The lowest BCUT2D eigenvalue weighted by Gasteiger charge is -2.48. The number of hydrogen-bond donors (Lipinski definition) is 2. The molecule has 4 rings (SSSR count). The van der Waals surface area contributed by atoms with Gasteiger partial charge in [0.25, 0.3) is 0 Å². The second-order valence-electron chi connectivity index (χ2n) is 5.91. The van der Waals surface area contributed by atoms with Crippen LogP contribution in [0.1, 0.15) is 12.8 Å². The van der Waals surface area contributed by atoms with E-state index < -0.39 is 0 Å². The molecule has 3 fully saturated rings. The van der Waals surface area contributed by atoms with Gasteiger partial charge in [-0.05, 0) is 49.7 Å². The van der Waals surface area contributed by atoms with Crippen molar-refractivity contribution in [3.8, 4) is 12.3 Å². The molecule has 0 saturated carbocycles. The lowest BCUT2D eigenvalue weighted by atomic mass is 9.76. The van der Waals surface area contributed by atoms with Crippen molar-refractivity contribution in [2.45, 2.75) is 18.9 Å². The monoisotopic (exact) mass is 299 g/mol. The van der Waals surface area contributed by atoms with Gasteiger partial charge in [0.15, 0.2) is 5.11 Å². The van der Waals surface area contributed by atoms with Crippen molar-refractivity contribution >= 4 is 23.0 Å². The molecular weight excluding hydrogens is 278 g/mol. The highest BCUT2D eigenvalue weighted by molar-refractivity contribution is 7.80. The zero-order chi connectivity index (χ0) is 14.7. The van der Waals surface area contributed by atoms with Gasteiger partial charge >= 0.3 is 0 Å². The van der Waals surface area contributed by atoms with Gasteiger partial charge in [0.1, 0.15) is 0 Å². The molecule has 0 aromatic heterocycles. The number of thiocarbonyl (C=S) groups is 1. The van der Waals surface area contributed by atoms with E-state index in [2.05, 4.69) is 21.5 Å². The van der Waals surface area contributed by atoms with E-state index in [-0.39, 0.29) is 0 Å². The molecule has 3 nitrogen and oxygen atoms in total. The van der Waals surface area contributed by atoms with Gasteiger partial charge in [0, 0.05) is 30.7 Å². The van der Waals surface area contributed by atoms with Crippen LogP contribution in [-0.2, 0) is 0 Å². The topological polar surface area (TPSA) is 27.3 Å². The third-order valence-corrected chi connectivity index (χ3v) is 4.87. The number of nitrogens with one attached hydrogen (secondary N) is 2. The summed E-state index contributed by atoms with van der Waals surface area (Å²) in [6.45, 7) is 3.12. The first-order valence-corrected chi connectivity index (χ1v) is 7.97. The first-order valence-electron chi connectivity index (χ1n) is 7.56. The van der Waals surface area contributed by atoms with Crippen molar-refractivity contribution in [2.75, 3.05) is 25.0 Å². The predicted molar refractivity (Wildman–Crippen MR) is 91.1 cm³/mol. The van der Waals surface area contributed by atoms with E-state index in [1.54, 1.807) is 0 Å². The molecule has 3 heterocycles. The van der Waals surface area contributed by atoms with Crippen LogP contribution in [0, 0.1) is 24.2 Å². The number of benzene rings is 1. The molecule has 21 heavy (non-hydrogen) atoms. The van der Waals surface area contributed by atoms with Gasteiger partial charge in [0.2, 0.25) is 0 Å². The van der Waals surface area contributed by atoms with Crippen molar-refractivity contribution in [2.24, 2.45) is 11.8 Å². The molecule has 0 radical (unpaired) electrons. The van der Waals surface area contributed by atoms with Gasteiger partial charge in [0.05, 0.1) is 0 Å². The van der Waals surface area contributed by atoms with Crippen LogP contribution in [0.2, 0.25) is 0 Å². The Morgan fingerprint density at radius 1 is 1.38 bits per heavy atom. The molecule has 4 heteroatoms. The van der Waals surface area contributed by atoms with Gasteiger partial charge in [-0.1, -0.05) is 18.2 Å². The molecule has 1 aromatic carbocycles. The SMILES string of the molecule is C#C[C@H]1CN2CC[C@H]1C[C@@H]2CNC(=S)Nc1ccccc1. The number of piperidine rings is 3. The summed E-state index contributed by atoms with van der Waals surface area (Å²) >= 11 is 5.36. The lowest BCUT2D eigenvalue weighted by Crippen LogP contribution is -2.56. The average molecular weight is 299 g/mol. The molecule has 2 bridgehead atoms. The quantitative estimate of drug-likeness (QED) is 0.662. The molecular formula is C17H21N3S. The summed E-state index contributed by atoms with van der Waals surface area (Å²) in [6, 6.07) is 10.6. The van der Waals surface area contributed by atoms with E-state index in [1.807, 2.05) is 30.3 Å². The largest absolute Gasteiger partial charge is 0.361 e. The Morgan fingerprint density at radius 2 is 2.19 bits per heavy atom. The Labute approximate surface area is 132 Å². The van der Waals surface area contributed by atoms with Crippen molar-refractivity contribution in [3.63, 3.8) is 0 Å². The fraction of sp³-hybridized carbons (Fsp3) is 0.471. The molecule has 3 saturated heterocycles. The van der Waals surface area contributed by atoms with Crippen LogP contribution < -0.4 is 10.6 Å². The summed E-state index contributed by atoms with van der Waals surface area (Å²) in [4.78, 5) is 2.52. The third-order valence-electron chi connectivity index (χ3n) is 4.62. The highest BCUT2D eigenvalue weighted by Crippen LogP contribution is 2.35. The fourth-order valence-corrected chi connectivity index (χ4v) is 3.65. The van der Waals surface area contributed by atoms with Crippen molar-refractivity contribution in [1.82, 2.24) is 10.2 Å². The van der Waals surface area contributed by atoms with Gasteiger partial charge in [-0.2, -0.15) is 0 Å². The minimum Gasteiger partial charge on any atom is -0.361 e. The number of fused-ring (bicyclic) bond motifs is 3. The molecule has 3 aliphatic heterocycles. The number of nitrogens with zero attached hydrogens (tertiary/aromatic N) is 1. The molecule has 0 amide bonds. The number of hydrogen-bond acceptors (Lipinski definition) is 2. The molecule has 0 aliphatic carbocycles. The smallest absolute Gasteiger partial charge is 0.170 e. The van der Waals surface area contributed by atoms with Crippen LogP contribution in [0.25, 0.3) is 0 Å². The maximum Gasteiger partial charge on any atom is 0.170 e. The van der Waals surface area contributed by atoms with E-state index in [0.29, 0.717) is 23.0 Å². The predicted octanol–water partition coefficient (Wildman–Crippen LogP) is 2.32. The van der Waals surface area contributed by atoms with Crippen LogP contribution >= 0.6 is 12.2 Å². The molecule has 1 aromatic rings. The minimum atomic E-state index is 0.449. The first kappa shape index (κ1) is 14.4. The molecule has 2 N–H and O–H groups in total. The second kappa shape index (κ2) is 6.46. The third kappa shape index (κ3) is 3.37. The summed E-state index contributed by atoms with van der Waals surface area (Å²) in [5.74, 6) is 4.10. The second-order valence-corrected chi connectivity index (χ2v) is 6.32. The van der Waals surface area contributed by atoms with Crippen LogP contribution in [0.15, 0.2) is 30.3 Å². The van der Waals surface area contributed by atoms with Gasteiger partial charge in [-0.25, -0.2) is 0 Å². The molecule has 4 atom stereocenters. The van der Waals surface area contributed by atoms with E-state index in [4.69, 9.17) is 18.6 Å². The van der Waals surface area contributed by atoms with Crippen molar-refractivity contribution < 1.29 is 0 Å². The zero-order valence-electron chi connectivity index (χ0n) is 12.1. The fourth-order valence-electron chi connectivity index (χ4n) is 3.45. The maximum atomic E-state index is 5.62. The first-order chi connectivity index (χ1) is 10.3. The number of anilines is 1. The summed E-state index contributed by atoms with van der Waals surface area (Å²) in [7, 11) is 0. The summed E-state index contributed by atoms with van der Waals surface area (Å²) in [5, 5.41) is 7.25. The number of terminal acetylenes is 1. The minimum absolute atomic E-state index is 0.449. The van der Waals surface area contributed by atoms with Crippen LogP contribution in [0.4, 0.5) is 5.69 Å². The average Bonchev–Trinajstić information content (AvgIpc) is 2.54. The Hall–Kier alpha value is -1.57. The van der Waals surface area contributed by atoms with Gasteiger partial charge in [-0.15, -0.1) is 12.3 Å². The lowest BCUT2D eigenvalue weighted by molar-refractivity contribution is 0.0248. The van der Waals surface area contributed by atoms with Crippen molar-refractivity contribution in [3.05, 3.63) is 30.3 Å². The van der Waals surface area contributed by atoms with E-state index in [1.165, 1.54) is 19.4 Å². The van der Waals surface area contributed by atoms with Crippen LogP contribution in [0.5, 0.6) is 0 Å². The van der Waals surface area contributed by atoms with Crippen molar-refractivity contribution in [1.29, 1.82) is 0 Å².